The number of fused-ring (bicyclic) bond motifs is 1. The molecule has 2 rings (SSSR count). The Morgan fingerprint density at radius 1 is 1.21 bits per heavy atom. The molecular formula is C16H22N2O. The molecule has 0 radical (unpaired) electrons. The third-order valence-electron chi connectivity index (χ3n) is 3.45. The summed E-state index contributed by atoms with van der Waals surface area (Å²) in [6.45, 7) is 7.98. The normalized spacial score (nSPS) is 12.0. The lowest BCUT2D eigenvalue weighted by atomic mass is 9.86. The summed E-state index contributed by atoms with van der Waals surface area (Å²) in [5.74, 6) is 0. The van der Waals surface area contributed by atoms with E-state index in [-0.39, 0.29) is 10.8 Å². The van der Waals surface area contributed by atoms with Crippen molar-refractivity contribution in [1.29, 1.82) is 0 Å². The molecule has 0 saturated carbocycles. The fourth-order valence-electron chi connectivity index (χ4n) is 2.23. The fraction of sp³-hybridized carbons (Fsp3) is 0.438. The van der Waals surface area contributed by atoms with E-state index in [1.54, 1.807) is 6.07 Å². The number of nitrogens with two attached hydrogens (primary N) is 1. The molecule has 19 heavy (non-hydrogen) atoms. The summed E-state index contributed by atoms with van der Waals surface area (Å²) in [6, 6.07) is 7.83. The molecule has 3 heteroatoms. The number of aromatic nitrogens is 1. The zero-order chi connectivity index (χ0) is 14.0. The van der Waals surface area contributed by atoms with E-state index in [0.29, 0.717) is 6.54 Å². The zero-order valence-electron chi connectivity index (χ0n) is 11.9. The van der Waals surface area contributed by atoms with E-state index in [9.17, 15) is 4.79 Å². The minimum atomic E-state index is 0.0541. The van der Waals surface area contributed by atoms with Crippen LogP contribution in [0.25, 0.3) is 10.9 Å². The Morgan fingerprint density at radius 3 is 2.58 bits per heavy atom. The van der Waals surface area contributed by atoms with Crippen molar-refractivity contribution in [3.05, 3.63) is 46.2 Å². The van der Waals surface area contributed by atoms with Crippen molar-refractivity contribution in [1.82, 2.24) is 4.57 Å². The van der Waals surface area contributed by atoms with E-state index in [2.05, 4.69) is 31.4 Å². The average molecular weight is 258 g/mol. The van der Waals surface area contributed by atoms with Crippen LogP contribution >= 0.6 is 0 Å². The number of hydrogen-bond donors (Lipinski definition) is 1. The highest BCUT2D eigenvalue weighted by Crippen LogP contribution is 2.24. The Labute approximate surface area is 114 Å². The van der Waals surface area contributed by atoms with Crippen LogP contribution in [0.5, 0.6) is 0 Å². The van der Waals surface area contributed by atoms with Gasteiger partial charge in [0.1, 0.15) is 0 Å². The Hall–Kier alpha value is -1.61. The standard InChI is InChI=1S/C16H22N2O/c1-16(2,3)12-5-6-14-13(11-12)15(19)7-10-18(14)9-4-8-17/h5-7,10-11H,4,8-9,17H2,1-3H3. The molecule has 0 unspecified atom stereocenters. The molecule has 0 atom stereocenters. The second kappa shape index (κ2) is 5.17. The predicted octanol–water partition coefficient (Wildman–Crippen LogP) is 2.65. The third-order valence-corrected chi connectivity index (χ3v) is 3.45. The molecule has 2 N–H and O–H groups in total. The summed E-state index contributed by atoms with van der Waals surface area (Å²) in [5.41, 5.74) is 7.88. The smallest absolute Gasteiger partial charge is 0.189 e. The van der Waals surface area contributed by atoms with Gasteiger partial charge in [0.15, 0.2) is 5.43 Å². The Balaban J connectivity index is 2.60. The van der Waals surface area contributed by atoms with Gasteiger partial charge in [-0.15, -0.1) is 0 Å². The zero-order valence-corrected chi connectivity index (χ0v) is 11.9. The van der Waals surface area contributed by atoms with Crippen LogP contribution in [-0.4, -0.2) is 11.1 Å². The first-order valence-corrected chi connectivity index (χ1v) is 6.77. The Morgan fingerprint density at radius 2 is 1.95 bits per heavy atom. The van der Waals surface area contributed by atoms with E-state index in [4.69, 9.17) is 5.73 Å². The van der Waals surface area contributed by atoms with Gasteiger partial charge in [0.2, 0.25) is 0 Å². The van der Waals surface area contributed by atoms with E-state index >= 15 is 0 Å². The first kappa shape index (κ1) is 13.8. The highest BCUT2D eigenvalue weighted by atomic mass is 16.1. The highest BCUT2D eigenvalue weighted by molar-refractivity contribution is 5.79. The molecule has 1 aromatic carbocycles. The van der Waals surface area contributed by atoms with Crippen molar-refractivity contribution in [2.75, 3.05) is 6.54 Å². The molecule has 102 valence electrons. The van der Waals surface area contributed by atoms with Crippen molar-refractivity contribution in [2.24, 2.45) is 5.73 Å². The minimum Gasteiger partial charge on any atom is -0.347 e. The highest BCUT2D eigenvalue weighted by Gasteiger charge is 2.15. The van der Waals surface area contributed by atoms with E-state index < -0.39 is 0 Å². The van der Waals surface area contributed by atoms with Crippen LogP contribution in [0.4, 0.5) is 0 Å². The Bertz CT molecular complexity index is 635. The molecule has 0 saturated heterocycles. The molecule has 0 aliphatic rings. The largest absolute Gasteiger partial charge is 0.347 e. The van der Waals surface area contributed by atoms with Crippen LogP contribution in [0.2, 0.25) is 0 Å². The SMILES string of the molecule is CC(C)(C)c1ccc2c(c1)c(=O)ccn2CCCN. The monoisotopic (exact) mass is 258 g/mol. The molecule has 1 heterocycles. The van der Waals surface area contributed by atoms with Crippen LogP contribution in [0.15, 0.2) is 35.3 Å². The van der Waals surface area contributed by atoms with Gasteiger partial charge in [-0.3, -0.25) is 4.79 Å². The summed E-state index contributed by atoms with van der Waals surface area (Å²) in [5, 5.41) is 0.798. The van der Waals surface area contributed by atoms with Gasteiger partial charge in [0.25, 0.3) is 0 Å². The van der Waals surface area contributed by atoms with Crippen LogP contribution in [-0.2, 0) is 12.0 Å². The molecule has 0 aliphatic heterocycles. The molecule has 0 bridgehead atoms. The van der Waals surface area contributed by atoms with Crippen molar-refractivity contribution in [3.63, 3.8) is 0 Å². The molecule has 0 aliphatic carbocycles. The van der Waals surface area contributed by atoms with Gasteiger partial charge < -0.3 is 10.3 Å². The molecule has 0 spiro atoms. The summed E-state index contributed by atoms with van der Waals surface area (Å²) in [4.78, 5) is 12.0. The second-order valence-electron chi connectivity index (χ2n) is 6.00. The average Bonchev–Trinajstić information content (AvgIpc) is 2.37. The van der Waals surface area contributed by atoms with Gasteiger partial charge in [-0.25, -0.2) is 0 Å². The number of nitrogens with zero attached hydrogens (tertiary/aromatic N) is 1. The van der Waals surface area contributed by atoms with Gasteiger partial charge in [0.05, 0.1) is 5.52 Å². The van der Waals surface area contributed by atoms with Crippen LogP contribution < -0.4 is 11.2 Å². The number of hydrogen-bond acceptors (Lipinski definition) is 2. The summed E-state index contributed by atoms with van der Waals surface area (Å²) in [7, 11) is 0. The lowest BCUT2D eigenvalue weighted by Crippen LogP contribution is -2.14. The number of aryl methyl sites for hydroxylation is 1. The lowest BCUT2D eigenvalue weighted by Gasteiger charge is -2.20. The third kappa shape index (κ3) is 2.87. The minimum absolute atomic E-state index is 0.0541. The maximum absolute atomic E-state index is 12.0. The summed E-state index contributed by atoms with van der Waals surface area (Å²) in [6.07, 6.45) is 2.77. The fourth-order valence-corrected chi connectivity index (χ4v) is 2.23. The van der Waals surface area contributed by atoms with Gasteiger partial charge in [-0.2, -0.15) is 0 Å². The summed E-state index contributed by atoms with van der Waals surface area (Å²) >= 11 is 0. The maximum Gasteiger partial charge on any atom is 0.189 e. The maximum atomic E-state index is 12.0. The van der Waals surface area contributed by atoms with Crippen molar-refractivity contribution < 1.29 is 0 Å². The van der Waals surface area contributed by atoms with Crippen LogP contribution in [0.1, 0.15) is 32.8 Å². The second-order valence-corrected chi connectivity index (χ2v) is 6.00. The first-order valence-electron chi connectivity index (χ1n) is 6.77. The van der Waals surface area contributed by atoms with Crippen LogP contribution in [0, 0.1) is 0 Å². The molecule has 3 nitrogen and oxygen atoms in total. The molecule has 1 aromatic heterocycles. The quantitative estimate of drug-likeness (QED) is 0.920. The predicted molar refractivity (Wildman–Crippen MR) is 80.6 cm³/mol. The topological polar surface area (TPSA) is 48.0 Å². The van der Waals surface area contributed by atoms with E-state index in [1.807, 2.05) is 18.3 Å². The number of benzene rings is 1. The van der Waals surface area contributed by atoms with Gasteiger partial charge in [-0.1, -0.05) is 26.8 Å². The lowest BCUT2D eigenvalue weighted by molar-refractivity contribution is 0.590. The number of pyridine rings is 1. The first-order chi connectivity index (χ1) is 8.93. The van der Waals surface area contributed by atoms with Crippen molar-refractivity contribution in [2.45, 2.75) is 39.2 Å². The van der Waals surface area contributed by atoms with E-state index in [1.165, 1.54) is 5.56 Å². The molecule has 2 aromatic rings. The van der Waals surface area contributed by atoms with Gasteiger partial charge >= 0.3 is 0 Å². The molecule has 0 amide bonds. The van der Waals surface area contributed by atoms with Gasteiger partial charge in [0, 0.05) is 24.2 Å². The molecule has 0 fully saturated rings. The Kier molecular flexibility index (Phi) is 3.76. The van der Waals surface area contributed by atoms with Crippen LogP contribution in [0.3, 0.4) is 0 Å². The number of rotatable bonds is 3. The summed E-state index contributed by atoms with van der Waals surface area (Å²) < 4.78 is 2.11. The van der Waals surface area contributed by atoms with Crippen molar-refractivity contribution in [3.8, 4) is 0 Å². The van der Waals surface area contributed by atoms with Gasteiger partial charge in [-0.05, 0) is 36.1 Å². The van der Waals surface area contributed by atoms with E-state index in [0.717, 1.165) is 23.9 Å². The van der Waals surface area contributed by atoms with Crippen molar-refractivity contribution >= 4 is 10.9 Å². The molecular weight excluding hydrogens is 236 g/mol.